The third-order valence-electron chi connectivity index (χ3n) is 5.09. The number of benzene rings is 2. The number of nitrogens with one attached hydrogen (secondary N) is 1. The van der Waals surface area contributed by atoms with E-state index < -0.39 is 5.54 Å². The number of aromatic nitrogens is 2. The van der Waals surface area contributed by atoms with Gasteiger partial charge in [-0.15, -0.1) is 0 Å². The maximum Gasteiger partial charge on any atom is 0.241 e. The largest absolute Gasteiger partial charge is 0.339 e. The Morgan fingerprint density at radius 2 is 1.63 bits per heavy atom. The normalized spacial score (nSPS) is 14.5. The molecule has 1 aromatic heterocycles. The van der Waals surface area contributed by atoms with Crippen LogP contribution in [0.3, 0.4) is 0 Å². The second-order valence-corrected chi connectivity index (χ2v) is 7.47. The highest BCUT2D eigenvalue weighted by Gasteiger charge is 2.39. The number of nitrogens with two attached hydrogens (primary N) is 1. The van der Waals surface area contributed by atoms with E-state index in [-0.39, 0.29) is 24.1 Å². The molecule has 3 aromatic rings. The van der Waals surface area contributed by atoms with E-state index in [1.54, 1.807) is 41.6 Å². The Hall–Kier alpha value is -3.52. The van der Waals surface area contributed by atoms with Crippen molar-refractivity contribution in [2.75, 3.05) is 11.9 Å². The van der Waals surface area contributed by atoms with Crippen LogP contribution in [0.1, 0.15) is 19.7 Å². The van der Waals surface area contributed by atoms with Crippen molar-refractivity contribution in [2.24, 2.45) is 5.73 Å². The van der Waals surface area contributed by atoms with Gasteiger partial charge in [-0.25, -0.2) is 13.8 Å². The van der Waals surface area contributed by atoms with Crippen LogP contribution in [-0.2, 0) is 10.3 Å². The van der Waals surface area contributed by atoms with Gasteiger partial charge < -0.3 is 16.0 Å². The van der Waals surface area contributed by atoms with E-state index in [2.05, 4.69) is 5.32 Å². The first-order chi connectivity index (χ1) is 14.3. The van der Waals surface area contributed by atoms with Crippen LogP contribution in [0.5, 0.6) is 0 Å². The summed E-state index contributed by atoms with van der Waals surface area (Å²) in [5, 5.41) is 3.28. The summed E-state index contributed by atoms with van der Waals surface area (Å²) in [6, 6.07) is 11.9. The quantitative estimate of drug-likeness (QED) is 0.682. The third-order valence-corrected chi connectivity index (χ3v) is 5.09. The van der Waals surface area contributed by atoms with E-state index in [1.165, 1.54) is 24.3 Å². The predicted molar refractivity (Wildman–Crippen MR) is 112 cm³/mol. The monoisotopic (exact) mass is 409 g/mol. The predicted octanol–water partition coefficient (Wildman–Crippen LogP) is 4.04. The molecule has 0 bridgehead atoms. The maximum absolute atomic E-state index is 13.5. The SMILES string of the molecule is CC1(C)c2nc(-c3ccc(F)cc3)c(Nc3ccc(F)cc3)n2C=CN1C(=O)CN. The molecule has 154 valence electrons. The Morgan fingerprint density at radius 3 is 2.23 bits per heavy atom. The molecule has 0 unspecified atom stereocenters. The van der Waals surface area contributed by atoms with Crippen molar-refractivity contribution in [2.45, 2.75) is 19.4 Å². The molecule has 1 aliphatic rings. The molecule has 0 saturated heterocycles. The van der Waals surface area contributed by atoms with Crippen LogP contribution in [0.4, 0.5) is 20.3 Å². The van der Waals surface area contributed by atoms with Gasteiger partial charge >= 0.3 is 0 Å². The lowest BCUT2D eigenvalue weighted by Crippen LogP contribution is -2.47. The van der Waals surface area contributed by atoms with Crippen LogP contribution in [0.25, 0.3) is 17.5 Å². The van der Waals surface area contributed by atoms with Crippen LogP contribution in [0.15, 0.2) is 54.7 Å². The van der Waals surface area contributed by atoms with E-state index in [0.29, 0.717) is 28.6 Å². The molecule has 0 atom stereocenters. The fourth-order valence-electron chi connectivity index (χ4n) is 3.53. The zero-order chi connectivity index (χ0) is 21.5. The van der Waals surface area contributed by atoms with Gasteiger partial charge in [0.05, 0.1) is 6.54 Å². The van der Waals surface area contributed by atoms with Gasteiger partial charge in [-0.1, -0.05) is 0 Å². The van der Waals surface area contributed by atoms with E-state index >= 15 is 0 Å². The lowest BCUT2D eigenvalue weighted by molar-refractivity contribution is -0.132. The molecule has 3 N–H and O–H groups in total. The molecule has 6 nitrogen and oxygen atoms in total. The Kier molecular flexibility index (Phi) is 4.87. The second kappa shape index (κ2) is 7.38. The fourth-order valence-corrected chi connectivity index (χ4v) is 3.53. The average molecular weight is 409 g/mol. The van der Waals surface area contributed by atoms with Crippen molar-refractivity contribution in [3.05, 3.63) is 72.2 Å². The number of fused-ring (bicyclic) bond motifs is 1. The first kappa shape index (κ1) is 19.8. The van der Waals surface area contributed by atoms with Crippen LogP contribution in [0, 0.1) is 11.6 Å². The Labute approximate surface area is 172 Å². The number of hydrogen-bond donors (Lipinski definition) is 2. The Balaban J connectivity index is 1.87. The molecule has 0 aliphatic carbocycles. The van der Waals surface area contributed by atoms with E-state index in [0.717, 1.165) is 0 Å². The summed E-state index contributed by atoms with van der Waals surface area (Å²) >= 11 is 0. The maximum atomic E-state index is 13.5. The average Bonchev–Trinajstić information content (AvgIpc) is 3.09. The number of hydrogen-bond acceptors (Lipinski definition) is 4. The smallest absolute Gasteiger partial charge is 0.241 e. The van der Waals surface area contributed by atoms with Crippen molar-refractivity contribution in [1.29, 1.82) is 0 Å². The zero-order valence-electron chi connectivity index (χ0n) is 16.6. The number of rotatable bonds is 4. The molecule has 0 fully saturated rings. The first-order valence-electron chi connectivity index (χ1n) is 9.43. The number of anilines is 2. The van der Waals surface area contributed by atoms with E-state index in [4.69, 9.17) is 10.7 Å². The van der Waals surface area contributed by atoms with Gasteiger partial charge in [0, 0.05) is 23.7 Å². The van der Waals surface area contributed by atoms with Gasteiger partial charge in [0.15, 0.2) is 0 Å². The summed E-state index contributed by atoms with van der Waals surface area (Å²) in [7, 11) is 0. The number of imidazole rings is 1. The van der Waals surface area contributed by atoms with Gasteiger partial charge in [-0.2, -0.15) is 0 Å². The highest BCUT2D eigenvalue weighted by Crippen LogP contribution is 2.39. The van der Waals surface area contributed by atoms with Crippen LogP contribution in [-0.4, -0.2) is 26.9 Å². The molecule has 2 aromatic carbocycles. The highest BCUT2D eigenvalue weighted by atomic mass is 19.1. The summed E-state index contributed by atoms with van der Waals surface area (Å²) in [5.74, 6) is 0.298. The van der Waals surface area contributed by atoms with Crippen molar-refractivity contribution < 1.29 is 13.6 Å². The van der Waals surface area contributed by atoms with Crippen LogP contribution in [0.2, 0.25) is 0 Å². The minimum Gasteiger partial charge on any atom is -0.339 e. The van der Waals surface area contributed by atoms with Crippen molar-refractivity contribution in [1.82, 2.24) is 14.5 Å². The molecule has 8 heteroatoms. The summed E-state index contributed by atoms with van der Waals surface area (Å²) in [5.41, 5.74) is 6.73. The summed E-state index contributed by atoms with van der Waals surface area (Å²) in [6.45, 7) is 3.62. The number of halogens is 2. The summed E-state index contributed by atoms with van der Waals surface area (Å²) in [6.07, 6.45) is 3.38. The van der Waals surface area contributed by atoms with Crippen molar-refractivity contribution >= 4 is 23.6 Å². The van der Waals surface area contributed by atoms with Gasteiger partial charge in [-0.3, -0.25) is 9.36 Å². The zero-order valence-corrected chi connectivity index (χ0v) is 16.6. The molecule has 0 saturated carbocycles. The van der Waals surface area contributed by atoms with Gasteiger partial charge in [-0.05, 0) is 62.4 Å². The fraction of sp³-hybridized carbons (Fsp3) is 0.182. The molecule has 30 heavy (non-hydrogen) atoms. The molecule has 2 heterocycles. The number of carbonyl (C=O) groups excluding carboxylic acids is 1. The minimum absolute atomic E-state index is 0.125. The van der Waals surface area contributed by atoms with E-state index in [1.807, 2.05) is 18.4 Å². The van der Waals surface area contributed by atoms with Gasteiger partial charge in [0.25, 0.3) is 0 Å². The van der Waals surface area contributed by atoms with Crippen molar-refractivity contribution in [3.8, 4) is 11.3 Å². The second-order valence-electron chi connectivity index (χ2n) is 7.47. The summed E-state index contributed by atoms with van der Waals surface area (Å²) < 4.78 is 28.6. The molecule has 0 radical (unpaired) electrons. The molecular formula is C22H21F2N5O. The lowest BCUT2D eigenvalue weighted by atomic mass is 10.0. The first-order valence-corrected chi connectivity index (χ1v) is 9.43. The molecule has 1 amide bonds. The standard InChI is InChI=1S/C22H21F2N5O/c1-22(2)21-27-19(14-3-5-15(23)6-4-14)20(26-17-9-7-16(24)8-10-17)28(21)11-12-29(22)18(30)13-25/h3-12,26H,13,25H2,1-2H3. The molecule has 1 aliphatic heterocycles. The third kappa shape index (κ3) is 3.35. The number of nitrogens with zero attached hydrogens (tertiary/aromatic N) is 3. The van der Waals surface area contributed by atoms with Crippen molar-refractivity contribution in [3.63, 3.8) is 0 Å². The molecular weight excluding hydrogens is 388 g/mol. The highest BCUT2D eigenvalue weighted by molar-refractivity contribution is 5.83. The van der Waals surface area contributed by atoms with Crippen LogP contribution < -0.4 is 11.1 Å². The summed E-state index contributed by atoms with van der Waals surface area (Å²) in [4.78, 5) is 18.7. The number of carbonyl (C=O) groups is 1. The minimum atomic E-state index is -0.775. The number of amides is 1. The Morgan fingerprint density at radius 1 is 1.03 bits per heavy atom. The molecule has 0 spiro atoms. The van der Waals surface area contributed by atoms with Gasteiger partial charge in [0.2, 0.25) is 5.91 Å². The van der Waals surface area contributed by atoms with Crippen LogP contribution >= 0.6 is 0 Å². The lowest BCUT2D eigenvalue weighted by Gasteiger charge is -2.38. The van der Waals surface area contributed by atoms with E-state index in [9.17, 15) is 13.6 Å². The van der Waals surface area contributed by atoms with Gasteiger partial charge in [0.1, 0.15) is 34.5 Å². The Bertz CT molecular complexity index is 1120. The molecule has 4 rings (SSSR count). The topological polar surface area (TPSA) is 76.2 Å².